The largest absolute Gasteiger partial charge is 0.337 e. The van der Waals surface area contributed by atoms with Gasteiger partial charge in [-0.05, 0) is 32.6 Å². The first kappa shape index (κ1) is 15.0. The van der Waals surface area contributed by atoms with Crippen molar-refractivity contribution >= 4 is 23.2 Å². The number of urea groups is 1. The van der Waals surface area contributed by atoms with Gasteiger partial charge in [-0.1, -0.05) is 0 Å². The molecule has 0 saturated carbocycles. The van der Waals surface area contributed by atoms with Crippen LogP contribution in [0, 0.1) is 6.92 Å². The van der Waals surface area contributed by atoms with Crippen LogP contribution in [0.4, 0.5) is 10.6 Å². The Hall–Kier alpha value is -1.89. The number of thiazole rings is 1. The SMILES string of the molecule is Cc1cc(NC(=O)NCCc2nc3c(s2)CCCC3)n(C)n1. The minimum absolute atomic E-state index is 0.204. The van der Waals surface area contributed by atoms with Crippen molar-refractivity contribution in [1.29, 1.82) is 0 Å². The zero-order valence-electron chi connectivity index (χ0n) is 13.0. The van der Waals surface area contributed by atoms with E-state index < -0.39 is 0 Å². The molecule has 0 fully saturated rings. The van der Waals surface area contributed by atoms with Gasteiger partial charge in [-0.15, -0.1) is 11.3 Å². The van der Waals surface area contributed by atoms with Crippen LogP contribution in [-0.2, 0) is 26.3 Å². The maximum atomic E-state index is 11.9. The zero-order chi connectivity index (χ0) is 15.5. The quantitative estimate of drug-likeness (QED) is 0.909. The molecule has 6 nitrogen and oxygen atoms in total. The Bertz CT molecular complexity index is 652. The van der Waals surface area contributed by atoms with Gasteiger partial charge in [0.15, 0.2) is 0 Å². The van der Waals surface area contributed by atoms with E-state index in [1.54, 1.807) is 16.0 Å². The Morgan fingerprint density at radius 2 is 2.23 bits per heavy atom. The summed E-state index contributed by atoms with van der Waals surface area (Å²) >= 11 is 1.80. The van der Waals surface area contributed by atoms with Crippen molar-refractivity contribution < 1.29 is 4.79 Å². The van der Waals surface area contributed by atoms with Crippen LogP contribution in [0.5, 0.6) is 0 Å². The smallest absolute Gasteiger partial charge is 0.320 e. The van der Waals surface area contributed by atoms with E-state index in [4.69, 9.17) is 0 Å². The van der Waals surface area contributed by atoms with Crippen LogP contribution in [0.3, 0.4) is 0 Å². The summed E-state index contributed by atoms with van der Waals surface area (Å²) in [6.07, 6.45) is 5.59. The molecule has 2 amide bonds. The van der Waals surface area contributed by atoms with Crippen molar-refractivity contribution in [3.63, 3.8) is 0 Å². The average Bonchev–Trinajstić information content (AvgIpc) is 3.01. The van der Waals surface area contributed by atoms with Crippen LogP contribution in [0.15, 0.2) is 6.07 Å². The molecule has 0 aromatic carbocycles. The van der Waals surface area contributed by atoms with Gasteiger partial charge < -0.3 is 5.32 Å². The fourth-order valence-corrected chi connectivity index (χ4v) is 3.84. The maximum Gasteiger partial charge on any atom is 0.320 e. The normalized spacial score (nSPS) is 13.7. The topological polar surface area (TPSA) is 71.8 Å². The molecule has 0 radical (unpaired) electrons. The molecule has 2 aromatic rings. The van der Waals surface area contributed by atoms with Crippen LogP contribution in [0.1, 0.15) is 34.1 Å². The highest BCUT2D eigenvalue weighted by Gasteiger charge is 2.15. The lowest BCUT2D eigenvalue weighted by Gasteiger charge is -2.06. The molecular formula is C15H21N5OS. The summed E-state index contributed by atoms with van der Waals surface area (Å²) < 4.78 is 1.66. The Morgan fingerprint density at radius 1 is 1.41 bits per heavy atom. The number of hydrogen-bond acceptors (Lipinski definition) is 4. The molecule has 0 bridgehead atoms. The number of hydrogen-bond donors (Lipinski definition) is 2. The molecular weight excluding hydrogens is 298 g/mol. The van der Waals surface area contributed by atoms with Crippen LogP contribution < -0.4 is 10.6 Å². The lowest BCUT2D eigenvalue weighted by molar-refractivity contribution is 0.252. The van der Waals surface area contributed by atoms with Crippen LogP contribution in [0.2, 0.25) is 0 Å². The fraction of sp³-hybridized carbons (Fsp3) is 0.533. The van der Waals surface area contributed by atoms with Crippen molar-refractivity contribution in [3.05, 3.63) is 27.3 Å². The molecule has 0 spiro atoms. The van der Waals surface area contributed by atoms with Gasteiger partial charge in [-0.2, -0.15) is 5.10 Å². The predicted molar refractivity (Wildman–Crippen MR) is 87.4 cm³/mol. The molecule has 7 heteroatoms. The van der Waals surface area contributed by atoms with Gasteiger partial charge in [0.05, 0.1) is 16.4 Å². The Balaban J connectivity index is 1.47. The molecule has 22 heavy (non-hydrogen) atoms. The molecule has 3 rings (SSSR count). The summed E-state index contributed by atoms with van der Waals surface area (Å²) in [4.78, 5) is 18.0. The summed E-state index contributed by atoms with van der Waals surface area (Å²) in [5.74, 6) is 0.694. The third kappa shape index (κ3) is 3.47. The van der Waals surface area contributed by atoms with E-state index in [9.17, 15) is 4.79 Å². The van der Waals surface area contributed by atoms with Crippen LogP contribution >= 0.6 is 11.3 Å². The number of nitrogens with one attached hydrogen (secondary N) is 2. The number of nitrogens with zero attached hydrogens (tertiary/aromatic N) is 3. The number of rotatable bonds is 4. The highest BCUT2D eigenvalue weighted by atomic mass is 32.1. The van der Waals surface area contributed by atoms with E-state index in [1.807, 2.05) is 20.0 Å². The lowest BCUT2D eigenvalue weighted by atomic mass is 10.0. The molecule has 2 N–H and O–H groups in total. The Morgan fingerprint density at radius 3 is 2.95 bits per heavy atom. The van der Waals surface area contributed by atoms with E-state index in [0.29, 0.717) is 12.4 Å². The number of anilines is 1. The zero-order valence-corrected chi connectivity index (χ0v) is 13.8. The fourth-order valence-electron chi connectivity index (χ4n) is 2.68. The minimum atomic E-state index is -0.204. The highest BCUT2D eigenvalue weighted by Crippen LogP contribution is 2.26. The van der Waals surface area contributed by atoms with Crippen molar-refractivity contribution in [2.45, 2.75) is 39.0 Å². The molecule has 1 aliphatic carbocycles. The second-order valence-corrected chi connectivity index (χ2v) is 6.78. The van der Waals surface area contributed by atoms with Gasteiger partial charge in [0, 0.05) is 31.0 Å². The number of carbonyl (C=O) groups is 1. The highest BCUT2D eigenvalue weighted by molar-refractivity contribution is 7.11. The second kappa shape index (κ2) is 6.48. The van der Waals surface area contributed by atoms with Gasteiger partial charge in [-0.25, -0.2) is 9.78 Å². The minimum Gasteiger partial charge on any atom is -0.337 e. The Labute approximate surface area is 133 Å². The van der Waals surface area contributed by atoms with Crippen LogP contribution in [-0.4, -0.2) is 27.3 Å². The standard InChI is InChI=1S/C15H21N5OS/c1-10-9-13(20(2)19-10)18-15(21)16-8-7-14-17-11-5-3-4-6-12(11)22-14/h9H,3-8H2,1-2H3,(H2,16,18,21). The van der Waals surface area contributed by atoms with Gasteiger partial charge in [0.2, 0.25) is 0 Å². The molecule has 0 unspecified atom stereocenters. The lowest BCUT2D eigenvalue weighted by Crippen LogP contribution is -2.31. The molecule has 0 saturated heterocycles. The van der Waals surface area contributed by atoms with E-state index >= 15 is 0 Å². The Kier molecular flexibility index (Phi) is 4.42. The number of carbonyl (C=O) groups excluding carboxylic acids is 1. The first-order valence-electron chi connectivity index (χ1n) is 7.65. The van der Waals surface area contributed by atoms with Gasteiger partial charge >= 0.3 is 6.03 Å². The van der Waals surface area contributed by atoms with E-state index in [2.05, 4.69) is 20.7 Å². The first-order valence-corrected chi connectivity index (χ1v) is 8.46. The summed E-state index contributed by atoms with van der Waals surface area (Å²) in [7, 11) is 1.81. The van der Waals surface area contributed by atoms with E-state index in [1.165, 1.54) is 29.8 Å². The summed E-state index contributed by atoms with van der Waals surface area (Å²) in [6, 6.07) is 1.64. The van der Waals surface area contributed by atoms with Gasteiger partial charge in [0.1, 0.15) is 5.82 Å². The first-order chi connectivity index (χ1) is 10.6. The molecule has 2 heterocycles. The number of aryl methyl sites for hydroxylation is 4. The molecule has 1 aliphatic rings. The number of aromatic nitrogens is 3. The van der Waals surface area contributed by atoms with Crippen LogP contribution in [0.25, 0.3) is 0 Å². The molecule has 0 aliphatic heterocycles. The van der Waals surface area contributed by atoms with Crippen molar-refractivity contribution in [1.82, 2.24) is 20.1 Å². The summed E-state index contributed by atoms with van der Waals surface area (Å²) in [6.45, 7) is 2.49. The predicted octanol–water partition coefficient (Wildman–Crippen LogP) is 2.43. The summed E-state index contributed by atoms with van der Waals surface area (Å²) in [5, 5.41) is 11.0. The third-order valence-corrected chi connectivity index (χ3v) is 4.98. The van der Waals surface area contributed by atoms with Gasteiger partial charge in [-0.3, -0.25) is 10.00 Å². The van der Waals surface area contributed by atoms with Gasteiger partial charge in [0.25, 0.3) is 0 Å². The second-order valence-electron chi connectivity index (χ2n) is 5.61. The van der Waals surface area contributed by atoms with Crippen molar-refractivity contribution in [3.8, 4) is 0 Å². The number of amides is 2. The van der Waals surface area contributed by atoms with Crippen molar-refractivity contribution in [2.24, 2.45) is 7.05 Å². The maximum absolute atomic E-state index is 11.9. The average molecular weight is 319 g/mol. The third-order valence-electron chi connectivity index (χ3n) is 3.76. The summed E-state index contributed by atoms with van der Waals surface area (Å²) in [5.41, 5.74) is 2.16. The van der Waals surface area contributed by atoms with E-state index in [0.717, 1.165) is 23.5 Å². The van der Waals surface area contributed by atoms with E-state index in [-0.39, 0.29) is 6.03 Å². The monoisotopic (exact) mass is 319 g/mol. The molecule has 118 valence electrons. The van der Waals surface area contributed by atoms with Crippen molar-refractivity contribution in [2.75, 3.05) is 11.9 Å². The molecule has 0 atom stereocenters. The molecule has 2 aromatic heterocycles. The number of fused-ring (bicyclic) bond motifs is 1.